The van der Waals surface area contributed by atoms with Gasteiger partial charge in [0.1, 0.15) is 17.5 Å². The molecular formula is C16H26N2O3. The molecule has 0 bridgehead atoms. The summed E-state index contributed by atoms with van der Waals surface area (Å²) in [4.78, 5) is 12.0. The number of rotatable bonds is 8. The van der Waals surface area contributed by atoms with Gasteiger partial charge in [-0.05, 0) is 19.3 Å². The molecule has 0 saturated heterocycles. The number of carbonyl (C=O) groups is 1. The Labute approximate surface area is 127 Å². The first-order chi connectivity index (χ1) is 9.96. The van der Waals surface area contributed by atoms with Gasteiger partial charge in [-0.2, -0.15) is 0 Å². The molecule has 5 nitrogen and oxygen atoms in total. The molecule has 0 aliphatic carbocycles. The monoisotopic (exact) mass is 294 g/mol. The number of nitrogens with one attached hydrogen (secondary N) is 2. The highest BCUT2D eigenvalue weighted by atomic mass is 16.5. The molecule has 2 N–H and O–H groups in total. The van der Waals surface area contributed by atoms with E-state index in [2.05, 4.69) is 24.5 Å². The van der Waals surface area contributed by atoms with Gasteiger partial charge in [-0.3, -0.25) is 4.79 Å². The maximum Gasteiger partial charge on any atom is 0.242 e. The number of carbonyl (C=O) groups excluding carboxylic acids is 1. The highest BCUT2D eigenvalue weighted by Gasteiger charge is 2.13. The lowest BCUT2D eigenvalue weighted by atomic mass is 10.1. The second-order valence-corrected chi connectivity index (χ2v) is 5.44. The first kappa shape index (κ1) is 17.1. The predicted molar refractivity (Wildman–Crippen MR) is 85.1 cm³/mol. The Kier molecular flexibility index (Phi) is 6.85. The summed E-state index contributed by atoms with van der Waals surface area (Å²) in [6.45, 7) is 6.80. The molecule has 21 heavy (non-hydrogen) atoms. The van der Waals surface area contributed by atoms with E-state index in [1.807, 2.05) is 19.1 Å². The van der Waals surface area contributed by atoms with E-state index in [-0.39, 0.29) is 11.9 Å². The molecule has 0 fully saturated rings. The van der Waals surface area contributed by atoms with Gasteiger partial charge < -0.3 is 20.1 Å². The van der Waals surface area contributed by atoms with Crippen molar-refractivity contribution in [3.05, 3.63) is 18.2 Å². The van der Waals surface area contributed by atoms with E-state index in [0.717, 1.165) is 12.1 Å². The number of hydrogen-bond donors (Lipinski definition) is 2. The Morgan fingerprint density at radius 3 is 2.14 bits per heavy atom. The Balaban J connectivity index is 2.60. The summed E-state index contributed by atoms with van der Waals surface area (Å²) in [5.41, 5.74) is 0.790. The molecule has 1 aromatic rings. The number of ether oxygens (including phenoxy) is 2. The van der Waals surface area contributed by atoms with Gasteiger partial charge in [-0.1, -0.05) is 13.8 Å². The van der Waals surface area contributed by atoms with E-state index in [0.29, 0.717) is 24.0 Å². The van der Waals surface area contributed by atoms with Crippen LogP contribution in [-0.4, -0.2) is 32.7 Å². The quantitative estimate of drug-likeness (QED) is 0.774. The molecule has 0 aliphatic heterocycles. The Hall–Kier alpha value is -1.91. The van der Waals surface area contributed by atoms with Gasteiger partial charge >= 0.3 is 0 Å². The van der Waals surface area contributed by atoms with Crippen LogP contribution in [0.1, 0.15) is 27.2 Å². The van der Waals surface area contributed by atoms with Gasteiger partial charge in [0, 0.05) is 30.4 Å². The highest BCUT2D eigenvalue weighted by Crippen LogP contribution is 2.26. The van der Waals surface area contributed by atoms with E-state index < -0.39 is 0 Å². The summed E-state index contributed by atoms with van der Waals surface area (Å²) < 4.78 is 10.4. The number of benzene rings is 1. The van der Waals surface area contributed by atoms with Crippen LogP contribution < -0.4 is 20.1 Å². The van der Waals surface area contributed by atoms with Crippen molar-refractivity contribution in [2.45, 2.75) is 33.2 Å². The van der Waals surface area contributed by atoms with Crippen LogP contribution in [0.15, 0.2) is 18.2 Å². The summed E-state index contributed by atoms with van der Waals surface area (Å²) in [6.07, 6.45) is 0.978. The van der Waals surface area contributed by atoms with Crippen molar-refractivity contribution in [3.8, 4) is 11.5 Å². The molecule has 0 aliphatic rings. The summed E-state index contributed by atoms with van der Waals surface area (Å²) in [5, 5.41) is 6.08. The Bertz CT molecular complexity index is 439. The van der Waals surface area contributed by atoms with Crippen molar-refractivity contribution >= 4 is 11.6 Å². The third kappa shape index (κ3) is 5.94. The first-order valence-corrected chi connectivity index (χ1v) is 7.23. The van der Waals surface area contributed by atoms with E-state index in [1.165, 1.54) is 0 Å². The van der Waals surface area contributed by atoms with Gasteiger partial charge in [0.2, 0.25) is 5.91 Å². The Morgan fingerprint density at radius 2 is 1.67 bits per heavy atom. The van der Waals surface area contributed by atoms with Crippen molar-refractivity contribution in [3.63, 3.8) is 0 Å². The highest BCUT2D eigenvalue weighted by molar-refractivity contribution is 5.84. The van der Waals surface area contributed by atoms with Crippen molar-refractivity contribution in [1.82, 2.24) is 5.32 Å². The lowest BCUT2D eigenvalue weighted by Gasteiger charge is -2.17. The molecule has 0 radical (unpaired) electrons. The van der Waals surface area contributed by atoms with Crippen LogP contribution in [0.3, 0.4) is 0 Å². The number of amides is 1. The van der Waals surface area contributed by atoms with Crippen molar-refractivity contribution in [2.75, 3.05) is 26.1 Å². The van der Waals surface area contributed by atoms with E-state index in [4.69, 9.17) is 9.47 Å². The zero-order chi connectivity index (χ0) is 15.8. The molecule has 0 spiro atoms. The molecule has 1 aromatic carbocycles. The van der Waals surface area contributed by atoms with Gasteiger partial charge in [0.25, 0.3) is 0 Å². The topological polar surface area (TPSA) is 59.6 Å². The average molecular weight is 294 g/mol. The summed E-state index contributed by atoms with van der Waals surface area (Å²) in [7, 11) is 3.20. The molecule has 0 saturated carbocycles. The molecule has 1 atom stereocenters. The summed E-state index contributed by atoms with van der Waals surface area (Å²) >= 11 is 0. The number of anilines is 1. The minimum atomic E-state index is -0.325. The smallest absolute Gasteiger partial charge is 0.242 e. The van der Waals surface area contributed by atoms with Crippen LogP contribution in [0, 0.1) is 5.92 Å². The normalized spacial score (nSPS) is 11.9. The van der Waals surface area contributed by atoms with Crippen molar-refractivity contribution in [2.24, 2.45) is 5.92 Å². The third-order valence-electron chi connectivity index (χ3n) is 3.15. The summed E-state index contributed by atoms with van der Waals surface area (Å²) in [6, 6.07) is 5.13. The molecule has 1 amide bonds. The van der Waals surface area contributed by atoms with Gasteiger partial charge in [-0.25, -0.2) is 0 Å². The minimum absolute atomic E-state index is 0.0163. The second kappa shape index (κ2) is 8.39. The maximum absolute atomic E-state index is 12.0. The largest absolute Gasteiger partial charge is 0.497 e. The lowest BCUT2D eigenvalue weighted by molar-refractivity contribution is -0.121. The van der Waals surface area contributed by atoms with Crippen LogP contribution in [0.5, 0.6) is 11.5 Å². The molecule has 0 aromatic heterocycles. The number of methoxy groups -OCH3 is 2. The molecular weight excluding hydrogens is 268 g/mol. The zero-order valence-electron chi connectivity index (χ0n) is 13.5. The average Bonchev–Trinajstić information content (AvgIpc) is 2.46. The second-order valence-electron chi connectivity index (χ2n) is 5.44. The molecule has 0 heterocycles. The molecule has 118 valence electrons. The fourth-order valence-corrected chi connectivity index (χ4v) is 1.84. The van der Waals surface area contributed by atoms with Crippen molar-refractivity contribution < 1.29 is 14.3 Å². The molecule has 5 heteroatoms. The first-order valence-electron chi connectivity index (χ1n) is 7.23. The van der Waals surface area contributed by atoms with Gasteiger partial charge in [-0.15, -0.1) is 0 Å². The van der Waals surface area contributed by atoms with Crippen LogP contribution in [0.2, 0.25) is 0 Å². The van der Waals surface area contributed by atoms with Crippen LogP contribution in [-0.2, 0) is 4.79 Å². The lowest BCUT2D eigenvalue weighted by Crippen LogP contribution is -2.38. The number of hydrogen-bond acceptors (Lipinski definition) is 4. The fraction of sp³-hybridized carbons (Fsp3) is 0.562. The molecule has 1 unspecified atom stereocenters. The van der Waals surface area contributed by atoms with E-state index in [1.54, 1.807) is 20.3 Å². The van der Waals surface area contributed by atoms with Crippen LogP contribution >= 0.6 is 0 Å². The zero-order valence-corrected chi connectivity index (χ0v) is 13.5. The fourth-order valence-electron chi connectivity index (χ4n) is 1.84. The van der Waals surface area contributed by atoms with Crippen LogP contribution in [0.25, 0.3) is 0 Å². The minimum Gasteiger partial charge on any atom is -0.497 e. The van der Waals surface area contributed by atoms with E-state index in [9.17, 15) is 4.79 Å². The van der Waals surface area contributed by atoms with Crippen molar-refractivity contribution in [1.29, 1.82) is 0 Å². The van der Waals surface area contributed by atoms with E-state index >= 15 is 0 Å². The van der Waals surface area contributed by atoms with Crippen LogP contribution in [0.4, 0.5) is 5.69 Å². The molecule has 1 rings (SSSR count). The summed E-state index contributed by atoms with van der Waals surface area (Å²) in [5.74, 6) is 1.93. The maximum atomic E-state index is 12.0. The third-order valence-corrected chi connectivity index (χ3v) is 3.15. The standard InChI is InChI=1S/C16H26N2O3/c1-11(2)6-7-17-16(19)12(3)18-13-8-14(20-4)10-15(9-13)21-5/h8-12,18H,6-7H2,1-5H3,(H,17,19). The Morgan fingerprint density at radius 1 is 1.10 bits per heavy atom. The predicted octanol–water partition coefficient (Wildman–Crippen LogP) is 2.67. The van der Waals surface area contributed by atoms with Gasteiger partial charge in [0.15, 0.2) is 0 Å². The van der Waals surface area contributed by atoms with Gasteiger partial charge in [0.05, 0.1) is 14.2 Å². The SMILES string of the molecule is COc1cc(NC(C)C(=O)NCCC(C)C)cc(OC)c1.